The standard InChI is InChI=1S/C18H23ClN2O2/c1-11(2)10-14(20)17-21-18(12-6-3-4-7-13(12)19)9-5-8-15(23-17)16(18)22/h3-4,6-7,11,14-15H,5,8-10,20H2,1-2H3/t14-,15-,18-/m0/s1. The minimum atomic E-state index is -0.927. The Morgan fingerprint density at radius 2 is 2.17 bits per heavy atom. The highest BCUT2D eigenvalue weighted by Crippen LogP contribution is 2.44. The quantitative estimate of drug-likeness (QED) is 0.917. The fourth-order valence-corrected chi connectivity index (χ4v) is 3.84. The molecule has 124 valence electrons. The molecule has 0 aromatic heterocycles. The molecule has 0 saturated heterocycles. The van der Waals surface area contributed by atoms with E-state index in [1.165, 1.54) is 0 Å². The second kappa shape index (κ2) is 6.25. The van der Waals surface area contributed by atoms with Crippen molar-refractivity contribution in [1.29, 1.82) is 0 Å². The average Bonchev–Trinajstić information content (AvgIpc) is 2.47. The SMILES string of the molecule is CC(C)C[C@H](N)C1=N[C@]2(c3ccccc3Cl)CCC[C@H](O1)C2=O. The van der Waals surface area contributed by atoms with Crippen LogP contribution >= 0.6 is 11.6 Å². The Labute approximate surface area is 142 Å². The molecule has 5 heteroatoms. The molecular weight excluding hydrogens is 312 g/mol. The zero-order chi connectivity index (χ0) is 16.6. The van der Waals surface area contributed by atoms with Crippen molar-refractivity contribution in [2.75, 3.05) is 0 Å². The van der Waals surface area contributed by atoms with Gasteiger partial charge in [0, 0.05) is 10.6 Å². The van der Waals surface area contributed by atoms with Crippen LogP contribution in [0.5, 0.6) is 0 Å². The van der Waals surface area contributed by atoms with E-state index >= 15 is 0 Å². The number of halogens is 1. The summed E-state index contributed by atoms with van der Waals surface area (Å²) in [5.74, 6) is 0.949. The van der Waals surface area contributed by atoms with Crippen LogP contribution in [0.4, 0.5) is 0 Å². The number of fused-ring (bicyclic) bond motifs is 2. The number of hydrogen-bond acceptors (Lipinski definition) is 4. The number of nitrogens with zero attached hydrogens (tertiary/aromatic N) is 1. The Bertz CT molecular complexity index is 644. The highest BCUT2D eigenvalue weighted by molar-refractivity contribution is 6.32. The minimum Gasteiger partial charge on any atom is -0.468 e. The monoisotopic (exact) mass is 334 g/mol. The lowest BCUT2D eigenvalue weighted by Gasteiger charge is -2.42. The highest BCUT2D eigenvalue weighted by atomic mass is 35.5. The lowest BCUT2D eigenvalue weighted by atomic mass is 9.73. The van der Waals surface area contributed by atoms with Gasteiger partial charge in [-0.3, -0.25) is 4.79 Å². The smallest absolute Gasteiger partial charge is 0.205 e. The number of carbonyl (C=O) groups excluding carboxylic acids is 1. The van der Waals surface area contributed by atoms with Crippen molar-refractivity contribution in [3.8, 4) is 0 Å². The first-order valence-electron chi connectivity index (χ1n) is 8.25. The number of nitrogens with two attached hydrogens (primary N) is 1. The summed E-state index contributed by atoms with van der Waals surface area (Å²) in [5, 5.41) is 0.573. The van der Waals surface area contributed by atoms with Crippen molar-refractivity contribution in [3.63, 3.8) is 0 Å². The number of carbonyl (C=O) groups is 1. The third-order valence-corrected chi connectivity index (χ3v) is 4.96. The molecule has 1 saturated carbocycles. The molecule has 1 aliphatic heterocycles. The summed E-state index contributed by atoms with van der Waals surface area (Å²) in [7, 11) is 0. The molecular formula is C18H23ClN2O2. The third-order valence-electron chi connectivity index (χ3n) is 4.63. The molecule has 23 heavy (non-hydrogen) atoms. The zero-order valence-corrected chi connectivity index (χ0v) is 14.3. The molecule has 1 fully saturated rings. The summed E-state index contributed by atoms with van der Waals surface area (Å²) in [4.78, 5) is 17.7. The van der Waals surface area contributed by atoms with E-state index < -0.39 is 11.6 Å². The zero-order valence-electron chi connectivity index (χ0n) is 13.6. The van der Waals surface area contributed by atoms with Crippen LogP contribution in [-0.4, -0.2) is 23.8 Å². The second-order valence-corrected chi connectivity index (χ2v) is 7.30. The molecule has 3 rings (SSSR count). The number of hydrogen-bond donors (Lipinski definition) is 1. The molecule has 2 N–H and O–H groups in total. The van der Waals surface area contributed by atoms with E-state index in [0.29, 0.717) is 23.3 Å². The molecule has 4 nitrogen and oxygen atoms in total. The van der Waals surface area contributed by atoms with Gasteiger partial charge in [0.15, 0.2) is 11.6 Å². The van der Waals surface area contributed by atoms with Crippen LogP contribution in [0.2, 0.25) is 5.02 Å². The largest absolute Gasteiger partial charge is 0.468 e. The van der Waals surface area contributed by atoms with Crippen LogP contribution in [0.25, 0.3) is 0 Å². The van der Waals surface area contributed by atoms with E-state index in [-0.39, 0.29) is 11.8 Å². The number of rotatable bonds is 4. The summed E-state index contributed by atoms with van der Waals surface area (Å²) in [5.41, 5.74) is 6.12. The summed E-state index contributed by atoms with van der Waals surface area (Å²) >= 11 is 6.38. The fraction of sp³-hybridized carbons (Fsp3) is 0.556. The van der Waals surface area contributed by atoms with Gasteiger partial charge in [0.2, 0.25) is 11.7 Å². The van der Waals surface area contributed by atoms with E-state index in [0.717, 1.165) is 24.8 Å². The van der Waals surface area contributed by atoms with Gasteiger partial charge in [-0.25, -0.2) is 4.99 Å². The van der Waals surface area contributed by atoms with Crippen LogP contribution in [0.15, 0.2) is 29.3 Å². The molecule has 0 spiro atoms. The molecule has 1 aromatic rings. The Hall–Kier alpha value is -1.39. The van der Waals surface area contributed by atoms with Crippen molar-refractivity contribution in [3.05, 3.63) is 34.9 Å². The number of Topliss-reactive ketones (excluding diaryl/α,β-unsaturated/α-hetero) is 1. The molecule has 0 radical (unpaired) electrons. The van der Waals surface area contributed by atoms with Crippen LogP contribution < -0.4 is 5.73 Å². The predicted molar refractivity (Wildman–Crippen MR) is 91.7 cm³/mol. The first-order valence-corrected chi connectivity index (χ1v) is 8.63. The van der Waals surface area contributed by atoms with Gasteiger partial charge in [-0.05, 0) is 37.7 Å². The number of benzene rings is 1. The van der Waals surface area contributed by atoms with Crippen molar-refractivity contribution in [2.24, 2.45) is 16.6 Å². The lowest BCUT2D eigenvalue weighted by molar-refractivity contribution is -0.137. The summed E-state index contributed by atoms with van der Waals surface area (Å²) in [6.45, 7) is 4.22. The van der Waals surface area contributed by atoms with Crippen LogP contribution in [-0.2, 0) is 15.1 Å². The van der Waals surface area contributed by atoms with Crippen molar-refractivity contribution in [1.82, 2.24) is 0 Å². The molecule has 1 heterocycles. The second-order valence-electron chi connectivity index (χ2n) is 6.89. The van der Waals surface area contributed by atoms with Gasteiger partial charge < -0.3 is 10.5 Å². The van der Waals surface area contributed by atoms with Crippen LogP contribution in [0.1, 0.15) is 45.1 Å². The van der Waals surface area contributed by atoms with E-state index in [9.17, 15) is 4.79 Å². The van der Waals surface area contributed by atoms with Gasteiger partial charge in [0.25, 0.3) is 0 Å². The Morgan fingerprint density at radius 1 is 1.43 bits per heavy atom. The molecule has 3 atom stereocenters. The van der Waals surface area contributed by atoms with Crippen molar-refractivity contribution in [2.45, 2.75) is 57.2 Å². The predicted octanol–water partition coefficient (Wildman–Crippen LogP) is 3.46. The van der Waals surface area contributed by atoms with Crippen LogP contribution in [0, 0.1) is 5.92 Å². The van der Waals surface area contributed by atoms with Gasteiger partial charge in [-0.2, -0.15) is 0 Å². The maximum absolute atomic E-state index is 12.9. The fourth-order valence-electron chi connectivity index (χ4n) is 3.55. The Balaban J connectivity index is 2.07. The van der Waals surface area contributed by atoms with E-state index in [2.05, 4.69) is 13.8 Å². The van der Waals surface area contributed by atoms with Gasteiger partial charge in [0.1, 0.15) is 0 Å². The average molecular weight is 335 g/mol. The number of aliphatic imine (C=N–C) groups is 1. The maximum Gasteiger partial charge on any atom is 0.205 e. The Morgan fingerprint density at radius 3 is 2.87 bits per heavy atom. The van der Waals surface area contributed by atoms with E-state index in [1.54, 1.807) is 6.07 Å². The summed E-state index contributed by atoms with van der Waals surface area (Å²) < 4.78 is 5.85. The van der Waals surface area contributed by atoms with Crippen molar-refractivity contribution < 1.29 is 9.53 Å². The number of ketones is 1. The third kappa shape index (κ3) is 2.90. The van der Waals surface area contributed by atoms with Crippen LogP contribution in [0.3, 0.4) is 0 Å². The molecule has 1 aromatic carbocycles. The number of ether oxygens (including phenoxy) is 1. The Kier molecular flexibility index (Phi) is 4.47. The first kappa shape index (κ1) is 16.5. The minimum absolute atomic E-state index is 0.0114. The van der Waals surface area contributed by atoms with Gasteiger partial charge in [0.05, 0.1) is 6.04 Å². The molecule has 2 aliphatic rings. The van der Waals surface area contributed by atoms with Gasteiger partial charge in [-0.1, -0.05) is 43.6 Å². The van der Waals surface area contributed by atoms with Crippen molar-refractivity contribution >= 4 is 23.3 Å². The van der Waals surface area contributed by atoms with Gasteiger partial charge in [-0.15, -0.1) is 0 Å². The van der Waals surface area contributed by atoms with Gasteiger partial charge >= 0.3 is 0 Å². The summed E-state index contributed by atoms with van der Waals surface area (Å²) in [6, 6.07) is 7.17. The van der Waals surface area contributed by atoms with E-state index in [1.807, 2.05) is 18.2 Å². The maximum atomic E-state index is 12.9. The normalized spacial score (nSPS) is 28.3. The van der Waals surface area contributed by atoms with E-state index in [4.69, 9.17) is 27.1 Å². The molecule has 0 amide bonds. The molecule has 2 bridgehead atoms. The summed E-state index contributed by atoms with van der Waals surface area (Å²) in [6.07, 6.45) is 2.59. The lowest BCUT2D eigenvalue weighted by Crippen LogP contribution is -2.54. The first-order chi connectivity index (χ1) is 10.9. The molecule has 0 unspecified atom stereocenters. The highest BCUT2D eigenvalue weighted by Gasteiger charge is 2.52. The molecule has 1 aliphatic carbocycles. The topological polar surface area (TPSA) is 64.7 Å².